The van der Waals surface area contributed by atoms with Crippen molar-refractivity contribution in [3.63, 3.8) is 0 Å². The first-order chi connectivity index (χ1) is 15.4. The summed E-state index contributed by atoms with van der Waals surface area (Å²) < 4.78 is 23.4. The van der Waals surface area contributed by atoms with E-state index in [9.17, 15) is 10.1 Å². The molecular formula is C22H26Br2FeN2O6. The van der Waals surface area contributed by atoms with Crippen molar-refractivity contribution in [2.75, 3.05) is 32.2 Å². The number of nitrogens with two attached hydrogens (primary N) is 1. The minimum atomic E-state index is -0.430. The third kappa shape index (κ3) is 9.07. The van der Waals surface area contributed by atoms with Crippen molar-refractivity contribution in [2.24, 2.45) is 0 Å². The van der Waals surface area contributed by atoms with Crippen molar-refractivity contribution < 1.29 is 40.9 Å². The monoisotopic (exact) mass is 628 g/mol. The number of nitrogen functional groups attached to an aromatic ring is 1. The van der Waals surface area contributed by atoms with Gasteiger partial charge < -0.3 is 24.7 Å². The number of nitro benzene ring substituents is 1. The third-order valence-electron chi connectivity index (χ3n) is 5.02. The van der Waals surface area contributed by atoms with Crippen LogP contribution in [0.1, 0.15) is 25.7 Å². The van der Waals surface area contributed by atoms with E-state index in [1.807, 2.05) is 18.2 Å². The molecule has 0 unspecified atom stereocenters. The van der Waals surface area contributed by atoms with Crippen molar-refractivity contribution in [1.82, 2.24) is 0 Å². The van der Waals surface area contributed by atoms with Crippen LogP contribution in [0.15, 0.2) is 45.3 Å². The van der Waals surface area contributed by atoms with E-state index in [1.54, 1.807) is 12.1 Å². The molecule has 2 N–H and O–H groups in total. The molecule has 0 aliphatic carbocycles. The van der Waals surface area contributed by atoms with Gasteiger partial charge in [-0.2, -0.15) is 0 Å². The van der Waals surface area contributed by atoms with Gasteiger partial charge in [-0.3, -0.25) is 10.1 Å². The molecule has 33 heavy (non-hydrogen) atoms. The first-order valence-electron chi connectivity index (χ1n) is 10.4. The van der Waals surface area contributed by atoms with Gasteiger partial charge in [0, 0.05) is 59.0 Å². The van der Waals surface area contributed by atoms with Gasteiger partial charge in [-0.25, -0.2) is 0 Å². The maximum absolute atomic E-state index is 10.8. The topological polar surface area (TPSA) is 106 Å². The molecule has 0 bridgehead atoms. The van der Waals surface area contributed by atoms with E-state index in [-0.39, 0.29) is 35.0 Å². The van der Waals surface area contributed by atoms with E-state index in [1.165, 1.54) is 6.07 Å². The molecule has 0 saturated carbocycles. The number of nitrogens with zero attached hydrogens (tertiary/aromatic N) is 1. The fourth-order valence-corrected chi connectivity index (χ4v) is 3.91. The van der Waals surface area contributed by atoms with E-state index >= 15 is 0 Å². The summed E-state index contributed by atoms with van der Waals surface area (Å²) in [6.07, 6.45) is 3.91. The number of halogens is 2. The van der Waals surface area contributed by atoms with Gasteiger partial charge in [-0.05, 0) is 56.1 Å². The molecule has 11 heteroatoms. The molecular weight excluding hydrogens is 604 g/mol. The Morgan fingerprint density at radius 2 is 1.30 bits per heavy atom. The average molecular weight is 630 g/mol. The smallest absolute Gasteiger partial charge is 0.287 e. The second kappa shape index (κ2) is 14.1. The van der Waals surface area contributed by atoms with Gasteiger partial charge in [0.05, 0.1) is 41.9 Å². The van der Waals surface area contributed by atoms with Gasteiger partial charge in [0.15, 0.2) is 0 Å². The Labute approximate surface area is 220 Å². The summed E-state index contributed by atoms with van der Waals surface area (Å²) in [4.78, 5) is 10.3. The van der Waals surface area contributed by atoms with Crippen LogP contribution in [-0.2, 0) is 26.5 Å². The molecule has 0 aromatic heterocycles. The third-order valence-corrected chi connectivity index (χ3v) is 6.42. The second-order valence-corrected chi connectivity index (χ2v) is 9.12. The molecule has 0 atom stereocenters. The Morgan fingerprint density at radius 3 is 1.76 bits per heavy atom. The number of hydrogen-bond acceptors (Lipinski definition) is 7. The molecule has 4 rings (SSSR count). The zero-order valence-corrected chi connectivity index (χ0v) is 22.1. The van der Waals surface area contributed by atoms with Crippen molar-refractivity contribution in [3.8, 4) is 11.5 Å². The molecule has 2 aromatic rings. The average Bonchev–Trinajstić information content (AvgIpc) is 2.79. The zero-order chi connectivity index (χ0) is 22.9. The summed E-state index contributed by atoms with van der Waals surface area (Å²) in [6.45, 7) is 2.94. The molecule has 2 aliphatic rings. The number of benzene rings is 2. The Kier molecular flexibility index (Phi) is 11.9. The summed E-state index contributed by atoms with van der Waals surface area (Å²) in [5, 5.41) is 10.8. The van der Waals surface area contributed by atoms with Crippen LogP contribution in [0.4, 0.5) is 11.4 Å². The van der Waals surface area contributed by atoms with Crippen molar-refractivity contribution in [1.29, 1.82) is 0 Å². The minimum absolute atomic E-state index is 0. The van der Waals surface area contributed by atoms with Crippen LogP contribution in [0, 0.1) is 10.1 Å². The quantitative estimate of drug-likeness (QED) is 0.201. The molecule has 0 radical (unpaired) electrons. The minimum Gasteiger partial charge on any atom is -0.490 e. The van der Waals surface area contributed by atoms with E-state index in [0.29, 0.717) is 29.1 Å². The SMILES string of the molecule is Nc1cc(OC2CCOCC2)ccc1Br.O=[N+]([O-])c1cc(OC2CCOCC2)ccc1Br.[Fe]. The van der Waals surface area contributed by atoms with E-state index < -0.39 is 4.92 Å². The Hall–Kier alpha value is -1.36. The van der Waals surface area contributed by atoms with Crippen LogP contribution in [0.5, 0.6) is 11.5 Å². The molecule has 182 valence electrons. The largest absolute Gasteiger partial charge is 0.490 e. The molecule has 0 amide bonds. The molecule has 0 spiro atoms. The van der Waals surface area contributed by atoms with Gasteiger partial charge in [0.2, 0.25) is 0 Å². The van der Waals surface area contributed by atoms with Gasteiger partial charge in [0.25, 0.3) is 5.69 Å². The molecule has 2 fully saturated rings. The van der Waals surface area contributed by atoms with Gasteiger partial charge >= 0.3 is 0 Å². The second-order valence-electron chi connectivity index (χ2n) is 7.41. The van der Waals surface area contributed by atoms with E-state index in [2.05, 4.69) is 31.9 Å². The summed E-state index contributed by atoms with van der Waals surface area (Å²) in [5.74, 6) is 1.37. The number of anilines is 1. The van der Waals surface area contributed by atoms with Crippen LogP contribution >= 0.6 is 31.9 Å². The predicted octanol–water partition coefficient (Wildman–Crippen LogP) is 5.50. The maximum atomic E-state index is 10.8. The number of hydrogen-bond donors (Lipinski definition) is 1. The van der Waals surface area contributed by atoms with Crippen molar-refractivity contribution in [3.05, 3.63) is 55.5 Å². The predicted molar refractivity (Wildman–Crippen MR) is 128 cm³/mol. The fourth-order valence-electron chi connectivity index (χ4n) is 3.27. The van der Waals surface area contributed by atoms with Crippen LogP contribution in [0.2, 0.25) is 0 Å². The summed E-state index contributed by atoms with van der Waals surface area (Å²) in [6, 6.07) is 10.5. The first kappa shape index (κ1) is 27.9. The van der Waals surface area contributed by atoms with Crippen molar-refractivity contribution in [2.45, 2.75) is 37.9 Å². The van der Waals surface area contributed by atoms with Gasteiger partial charge in [-0.1, -0.05) is 0 Å². The van der Waals surface area contributed by atoms with Crippen LogP contribution in [-0.4, -0.2) is 43.6 Å². The van der Waals surface area contributed by atoms with Gasteiger partial charge in [-0.15, -0.1) is 0 Å². The first-order valence-corrected chi connectivity index (χ1v) is 12.0. The molecule has 8 nitrogen and oxygen atoms in total. The summed E-state index contributed by atoms with van der Waals surface area (Å²) in [5.41, 5.74) is 6.50. The standard InChI is InChI=1S/C11H12BrNO4.C11H14BrNO2.Fe/c12-10-2-1-9(7-11(10)13(14)15)17-8-3-5-16-6-4-8;12-10-2-1-9(7-11(10)13)15-8-3-5-14-6-4-8;/h1-2,7-8H,3-6H2;1-2,7-8H,3-6,13H2;. The van der Waals surface area contributed by atoms with E-state index in [4.69, 9.17) is 24.7 Å². The molecule has 2 aromatic carbocycles. The van der Waals surface area contributed by atoms with Crippen LogP contribution in [0.25, 0.3) is 0 Å². The van der Waals surface area contributed by atoms with Crippen molar-refractivity contribution >= 4 is 43.2 Å². The Morgan fingerprint density at radius 1 is 0.848 bits per heavy atom. The molecule has 2 heterocycles. The zero-order valence-electron chi connectivity index (χ0n) is 17.9. The fraction of sp³-hybridized carbons (Fsp3) is 0.455. The van der Waals surface area contributed by atoms with Crippen LogP contribution < -0.4 is 15.2 Å². The summed E-state index contributed by atoms with van der Waals surface area (Å²) >= 11 is 6.49. The Balaban J connectivity index is 0.000000228. The number of ether oxygens (including phenoxy) is 4. The van der Waals surface area contributed by atoms with Crippen LogP contribution in [0.3, 0.4) is 0 Å². The molecule has 2 saturated heterocycles. The summed E-state index contributed by atoms with van der Waals surface area (Å²) in [7, 11) is 0. The van der Waals surface area contributed by atoms with Gasteiger partial charge in [0.1, 0.15) is 23.7 Å². The number of rotatable bonds is 5. The molecule has 2 aliphatic heterocycles. The maximum Gasteiger partial charge on any atom is 0.287 e. The number of nitro groups is 1. The Bertz CT molecular complexity index is 908. The van der Waals surface area contributed by atoms with E-state index in [0.717, 1.165) is 49.1 Å². The normalized spacial score (nSPS) is 16.7.